The Morgan fingerprint density at radius 3 is 2.68 bits per heavy atom. The standard InChI is InChI=1S/C20H22N6O2/c1-14-4-3-5-17(12-14)26-15(2)19(23-24-26)20(27)22-16-6-7-18(21-13-16)25-8-10-28-11-9-25/h3-7,12-13H,8-11H2,1-2H3,(H,22,27). The Bertz CT molecular complexity index is 977. The molecular weight excluding hydrogens is 356 g/mol. The normalized spacial score (nSPS) is 14.1. The molecule has 8 nitrogen and oxygen atoms in total. The van der Waals surface area contributed by atoms with E-state index in [9.17, 15) is 4.79 Å². The number of aryl methyl sites for hydroxylation is 1. The quantitative estimate of drug-likeness (QED) is 0.750. The number of aromatic nitrogens is 4. The van der Waals surface area contributed by atoms with Crippen molar-refractivity contribution in [3.05, 3.63) is 59.5 Å². The van der Waals surface area contributed by atoms with Gasteiger partial charge in [-0.15, -0.1) is 5.10 Å². The number of morpholine rings is 1. The van der Waals surface area contributed by atoms with Crippen LogP contribution in [0.3, 0.4) is 0 Å². The maximum Gasteiger partial charge on any atom is 0.278 e. The Balaban J connectivity index is 1.48. The maximum atomic E-state index is 12.7. The lowest BCUT2D eigenvalue weighted by molar-refractivity contribution is 0.102. The van der Waals surface area contributed by atoms with E-state index in [1.54, 1.807) is 10.9 Å². The minimum atomic E-state index is -0.308. The number of ether oxygens (including phenoxy) is 1. The van der Waals surface area contributed by atoms with Gasteiger partial charge < -0.3 is 15.0 Å². The molecule has 3 aromatic rings. The van der Waals surface area contributed by atoms with Gasteiger partial charge in [-0.05, 0) is 43.7 Å². The van der Waals surface area contributed by atoms with Crippen LogP contribution in [0.5, 0.6) is 0 Å². The number of carbonyl (C=O) groups is 1. The van der Waals surface area contributed by atoms with E-state index in [0.29, 0.717) is 30.3 Å². The zero-order valence-electron chi connectivity index (χ0n) is 15.9. The smallest absolute Gasteiger partial charge is 0.278 e. The van der Waals surface area contributed by atoms with Crippen LogP contribution >= 0.6 is 0 Å². The van der Waals surface area contributed by atoms with E-state index in [-0.39, 0.29) is 5.91 Å². The number of rotatable bonds is 4. The van der Waals surface area contributed by atoms with Crippen LogP contribution < -0.4 is 10.2 Å². The first-order chi connectivity index (χ1) is 13.6. The number of hydrogen-bond acceptors (Lipinski definition) is 6. The van der Waals surface area contributed by atoms with E-state index >= 15 is 0 Å². The molecule has 0 atom stereocenters. The molecule has 8 heteroatoms. The number of anilines is 2. The van der Waals surface area contributed by atoms with E-state index in [1.165, 1.54) is 0 Å². The predicted octanol–water partition coefficient (Wildman–Crippen LogP) is 2.37. The largest absolute Gasteiger partial charge is 0.378 e. The first-order valence-corrected chi connectivity index (χ1v) is 9.21. The van der Waals surface area contributed by atoms with Gasteiger partial charge in [0.05, 0.1) is 36.5 Å². The zero-order valence-corrected chi connectivity index (χ0v) is 15.9. The number of nitrogens with zero attached hydrogens (tertiary/aromatic N) is 5. The highest BCUT2D eigenvalue weighted by Crippen LogP contribution is 2.18. The Kier molecular flexibility index (Phi) is 5.03. The van der Waals surface area contributed by atoms with Crippen molar-refractivity contribution in [3.63, 3.8) is 0 Å². The molecule has 0 saturated carbocycles. The number of hydrogen-bond donors (Lipinski definition) is 1. The predicted molar refractivity (Wildman–Crippen MR) is 106 cm³/mol. The van der Waals surface area contributed by atoms with Gasteiger partial charge in [0.1, 0.15) is 5.82 Å². The average molecular weight is 378 g/mol. The SMILES string of the molecule is Cc1cccc(-n2nnc(C(=O)Nc3ccc(N4CCOCC4)nc3)c2C)c1. The third-order valence-corrected chi connectivity index (χ3v) is 4.70. The lowest BCUT2D eigenvalue weighted by atomic mass is 10.2. The summed E-state index contributed by atoms with van der Waals surface area (Å²) in [4.78, 5) is 19.3. The fourth-order valence-electron chi connectivity index (χ4n) is 3.17. The van der Waals surface area contributed by atoms with Crippen molar-refractivity contribution in [2.24, 2.45) is 0 Å². The maximum absolute atomic E-state index is 12.7. The summed E-state index contributed by atoms with van der Waals surface area (Å²) >= 11 is 0. The molecule has 1 fully saturated rings. The third kappa shape index (κ3) is 3.72. The Hall–Kier alpha value is -3.26. The first kappa shape index (κ1) is 18.1. The molecule has 1 aromatic carbocycles. The molecule has 0 unspecified atom stereocenters. The van der Waals surface area contributed by atoms with Crippen molar-refractivity contribution in [1.82, 2.24) is 20.0 Å². The monoisotopic (exact) mass is 378 g/mol. The van der Waals surface area contributed by atoms with Crippen molar-refractivity contribution in [1.29, 1.82) is 0 Å². The van der Waals surface area contributed by atoms with Crippen molar-refractivity contribution in [2.75, 3.05) is 36.5 Å². The van der Waals surface area contributed by atoms with E-state index in [4.69, 9.17) is 4.74 Å². The topological polar surface area (TPSA) is 85.2 Å². The fourth-order valence-corrected chi connectivity index (χ4v) is 3.17. The summed E-state index contributed by atoms with van der Waals surface area (Å²) in [6, 6.07) is 11.6. The van der Waals surface area contributed by atoms with Crippen LogP contribution in [0.15, 0.2) is 42.6 Å². The Morgan fingerprint density at radius 1 is 1.14 bits per heavy atom. The number of amides is 1. The molecule has 1 N–H and O–H groups in total. The lowest BCUT2D eigenvalue weighted by Crippen LogP contribution is -2.36. The molecule has 1 aliphatic rings. The highest BCUT2D eigenvalue weighted by molar-refractivity contribution is 6.03. The van der Waals surface area contributed by atoms with Gasteiger partial charge >= 0.3 is 0 Å². The first-order valence-electron chi connectivity index (χ1n) is 9.21. The van der Waals surface area contributed by atoms with Crippen LogP contribution in [0.4, 0.5) is 11.5 Å². The van der Waals surface area contributed by atoms with Crippen molar-refractivity contribution in [2.45, 2.75) is 13.8 Å². The number of carbonyl (C=O) groups excluding carboxylic acids is 1. The molecule has 1 amide bonds. The summed E-state index contributed by atoms with van der Waals surface area (Å²) in [5, 5.41) is 11.0. The molecule has 144 valence electrons. The number of pyridine rings is 1. The summed E-state index contributed by atoms with van der Waals surface area (Å²) in [5.74, 6) is 0.570. The zero-order chi connectivity index (χ0) is 19.5. The molecule has 2 aromatic heterocycles. The second kappa shape index (κ2) is 7.77. The number of benzene rings is 1. The minimum Gasteiger partial charge on any atom is -0.378 e. The van der Waals surface area contributed by atoms with E-state index in [0.717, 1.165) is 30.2 Å². The van der Waals surface area contributed by atoms with E-state index < -0.39 is 0 Å². The van der Waals surface area contributed by atoms with Crippen LogP contribution in [0.2, 0.25) is 0 Å². The van der Waals surface area contributed by atoms with Crippen molar-refractivity contribution in [3.8, 4) is 5.69 Å². The van der Waals surface area contributed by atoms with Crippen molar-refractivity contribution >= 4 is 17.4 Å². The van der Waals surface area contributed by atoms with Crippen LogP contribution in [0.1, 0.15) is 21.7 Å². The van der Waals surface area contributed by atoms with Gasteiger partial charge in [-0.1, -0.05) is 17.3 Å². The second-order valence-electron chi connectivity index (χ2n) is 6.73. The molecule has 4 rings (SSSR count). The van der Waals surface area contributed by atoms with Crippen LogP contribution in [0, 0.1) is 13.8 Å². The van der Waals surface area contributed by atoms with Gasteiger partial charge in [0, 0.05) is 13.1 Å². The summed E-state index contributed by atoms with van der Waals surface area (Å²) in [5.41, 5.74) is 3.58. The molecule has 1 aliphatic heterocycles. The molecule has 0 bridgehead atoms. The van der Waals surface area contributed by atoms with Crippen LogP contribution in [0.25, 0.3) is 5.69 Å². The molecule has 1 saturated heterocycles. The highest BCUT2D eigenvalue weighted by Gasteiger charge is 2.18. The summed E-state index contributed by atoms with van der Waals surface area (Å²) in [6.07, 6.45) is 1.66. The average Bonchev–Trinajstić information content (AvgIpc) is 3.11. The molecule has 0 spiro atoms. The fraction of sp³-hybridized carbons (Fsp3) is 0.300. The highest BCUT2D eigenvalue weighted by atomic mass is 16.5. The van der Waals surface area contributed by atoms with Gasteiger partial charge in [-0.2, -0.15) is 0 Å². The summed E-state index contributed by atoms with van der Waals surface area (Å²) in [7, 11) is 0. The minimum absolute atomic E-state index is 0.291. The van der Waals surface area contributed by atoms with Crippen molar-refractivity contribution < 1.29 is 9.53 Å². The third-order valence-electron chi connectivity index (χ3n) is 4.70. The second-order valence-corrected chi connectivity index (χ2v) is 6.73. The van der Waals surface area contributed by atoms with E-state index in [1.807, 2.05) is 50.2 Å². The van der Waals surface area contributed by atoms with Crippen LogP contribution in [-0.4, -0.2) is 52.2 Å². The molecule has 0 aliphatic carbocycles. The number of nitrogens with one attached hydrogen (secondary N) is 1. The van der Waals surface area contributed by atoms with Crippen LogP contribution in [-0.2, 0) is 4.74 Å². The lowest BCUT2D eigenvalue weighted by Gasteiger charge is -2.27. The summed E-state index contributed by atoms with van der Waals surface area (Å²) < 4.78 is 7.03. The van der Waals surface area contributed by atoms with Gasteiger partial charge in [0.25, 0.3) is 5.91 Å². The summed E-state index contributed by atoms with van der Waals surface area (Å²) in [6.45, 7) is 6.89. The molecule has 28 heavy (non-hydrogen) atoms. The molecule has 3 heterocycles. The van der Waals surface area contributed by atoms with Gasteiger partial charge in [-0.25, -0.2) is 9.67 Å². The molecule has 0 radical (unpaired) electrons. The van der Waals surface area contributed by atoms with Gasteiger partial charge in [-0.3, -0.25) is 4.79 Å². The molecular formula is C20H22N6O2. The van der Waals surface area contributed by atoms with E-state index in [2.05, 4.69) is 25.5 Å². The van der Waals surface area contributed by atoms with Gasteiger partial charge in [0.15, 0.2) is 5.69 Å². The van der Waals surface area contributed by atoms with Gasteiger partial charge in [0.2, 0.25) is 0 Å². The Morgan fingerprint density at radius 2 is 1.96 bits per heavy atom. The Labute approximate surface area is 163 Å².